The quantitative estimate of drug-likeness (QED) is 0.273. The van der Waals surface area contributed by atoms with E-state index in [1.165, 1.54) is 40.7 Å². The maximum atomic E-state index is 14.8. The summed E-state index contributed by atoms with van der Waals surface area (Å²) in [5, 5.41) is 0. The van der Waals surface area contributed by atoms with E-state index < -0.39 is 11.7 Å². The molecule has 2 atom stereocenters. The molecule has 1 fully saturated rings. The van der Waals surface area contributed by atoms with Crippen molar-refractivity contribution in [3.8, 4) is 0 Å². The minimum absolute atomic E-state index is 0.163. The van der Waals surface area contributed by atoms with E-state index in [-0.39, 0.29) is 11.9 Å². The summed E-state index contributed by atoms with van der Waals surface area (Å²) in [5.74, 6) is -0.729. The molecule has 1 heterocycles. The van der Waals surface area contributed by atoms with Gasteiger partial charge in [-0.1, -0.05) is 61.6 Å². The smallest absolute Gasteiger partial charge is 0.196 e. The zero-order valence-corrected chi connectivity index (χ0v) is 23.8. The van der Waals surface area contributed by atoms with Crippen LogP contribution in [0, 0.1) is 5.92 Å². The lowest BCUT2D eigenvalue weighted by molar-refractivity contribution is -0.0190. The Morgan fingerprint density at radius 3 is 2.12 bits per heavy atom. The Morgan fingerprint density at radius 1 is 0.850 bits per heavy atom. The van der Waals surface area contributed by atoms with E-state index in [0.717, 1.165) is 57.1 Å². The second kappa shape index (κ2) is 13.6. The Labute approximate surface area is 238 Å². The lowest BCUT2D eigenvalue weighted by Gasteiger charge is -2.29. The molecule has 0 amide bonds. The van der Waals surface area contributed by atoms with Crippen LogP contribution in [-0.2, 0) is 9.47 Å². The molecule has 2 unspecified atom stereocenters. The molecular formula is C36H42F2O2. The molecule has 212 valence electrons. The highest BCUT2D eigenvalue weighted by molar-refractivity contribution is 5.70. The molecule has 2 nitrogen and oxygen atoms in total. The molecule has 0 saturated carbocycles. The van der Waals surface area contributed by atoms with Crippen LogP contribution in [0.25, 0.3) is 5.57 Å². The molecule has 0 bridgehead atoms. The Hall–Kier alpha value is -2.98. The van der Waals surface area contributed by atoms with Gasteiger partial charge < -0.3 is 9.47 Å². The average Bonchev–Trinajstić information content (AvgIpc) is 3.01. The molecule has 5 rings (SSSR count). The van der Waals surface area contributed by atoms with Gasteiger partial charge in [0.2, 0.25) is 0 Å². The highest BCUT2D eigenvalue weighted by Crippen LogP contribution is 2.41. The van der Waals surface area contributed by atoms with Crippen LogP contribution in [0.2, 0.25) is 0 Å². The molecule has 0 N–H and O–H groups in total. The highest BCUT2D eigenvalue weighted by Gasteiger charge is 2.27. The molecule has 4 aliphatic rings. The lowest BCUT2D eigenvalue weighted by Crippen LogP contribution is -2.20. The number of hydrogen-bond donors (Lipinski definition) is 0. The van der Waals surface area contributed by atoms with E-state index in [9.17, 15) is 8.78 Å². The number of allylic oxidation sites excluding steroid dienone is 13. The second-order valence-corrected chi connectivity index (χ2v) is 11.4. The molecule has 1 aliphatic heterocycles. The van der Waals surface area contributed by atoms with Crippen molar-refractivity contribution < 1.29 is 18.3 Å². The minimum atomic E-state index is -0.815. The van der Waals surface area contributed by atoms with Gasteiger partial charge in [0, 0.05) is 6.42 Å². The summed E-state index contributed by atoms with van der Waals surface area (Å²) >= 11 is 0. The Balaban J connectivity index is 1.20. The first-order chi connectivity index (χ1) is 19.6. The highest BCUT2D eigenvalue weighted by atomic mass is 19.2. The van der Waals surface area contributed by atoms with E-state index in [2.05, 4.69) is 49.1 Å². The van der Waals surface area contributed by atoms with Crippen LogP contribution < -0.4 is 0 Å². The van der Waals surface area contributed by atoms with E-state index in [1.807, 2.05) is 19.1 Å². The maximum Gasteiger partial charge on any atom is 0.196 e. The third-order valence-electron chi connectivity index (χ3n) is 8.69. The number of ether oxygens (including phenoxy) is 2. The number of benzene rings is 1. The summed E-state index contributed by atoms with van der Waals surface area (Å²) in [4.78, 5) is 0. The summed E-state index contributed by atoms with van der Waals surface area (Å²) in [7, 11) is 0. The van der Waals surface area contributed by atoms with Gasteiger partial charge in [-0.15, -0.1) is 6.58 Å². The molecular weight excluding hydrogens is 502 g/mol. The molecule has 1 aromatic rings. The largest absolute Gasteiger partial charge is 0.495 e. The topological polar surface area (TPSA) is 18.5 Å². The third kappa shape index (κ3) is 6.66. The lowest BCUT2D eigenvalue weighted by atomic mass is 9.83. The normalized spacial score (nSPS) is 23.8. The summed E-state index contributed by atoms with van der Waals surface area (Å²) in [6.45, 7) is 7.06. The van der Waals surface area contributed by atoms with Gasteiger partial charge in [0.05, 0.1) is 19.3 Å². The molecule has 0 radical (unpaired) electrons. The number of halogens is 2. The predicted octanol–water partition coefficient (Wildman–Crippen LogP) is 10.5. The van der Waals surface area contributed by atoms with Gasteiger partial charge >= 0.3 is 0 Å². The molecule has 0 aromatic heterocycles. The fraction of sp³-hybridized carbons (Fsp3) is 0.444. The van der Waals surface area contributed by atoms with Crippen molar-refractivity contribution in [3.63, 3.8) is 0 Å². The first-order valence-corrected chi connectivity index (χ1v) is 15.1. The van der Waals surface area contributed by atoms with E-state index in [1.54, 1.807) is 0 Å². The number of hydrogen-bond acceptors (Lipinski definition) is 2. The van der Waals surface area contributed by atoms with Crippen LogP contribution in [-0.4, -0.2) is 13.2 Å². The van der Waals surface area contributed by atoms with Gasteiger partial charge in [-0.2, -0.15) is 0 Å². The van der Waals surface area contributed by atoms with Crippen molar-refractivity contribution in [2.45, 2.75) is 83.7 Å². The average molecular weight is 545 g/mol. The SMILES string of the molecule is C=CCCC1CCC(c2ccc(C3=CC=C(C4=CC=C(C5=C(F)C(F)=C(OCCC)CC5)CC4)CC3)cc2)OC1. The predicted molar refractivity (Wildman–Crippen MR) is 160 cm³/mol. The molecule has 40 heavy (non-hydrogen) atoms. The van der Waals surface area contributed by atoms with E-state index in [4.69, 9.17) is 9.47 Å². The second-order valence-electron chi connectivity index (χ2n) is 11.4. The van der Waals surface area contributed by atoms with Gasteiger partial charge in [-0.05, 0) is 109 Å². The van der Waals surface area contributed by atoms with Gasteiger partial charge in [-0.25, -0.2) is 8.78 Å². The van der Waals surface area contributed by atoms with Gasteiger partial charge in [0.15, 0.2) is 11.7 Å². The van der Waals surface area contributed by atoms with Crippen LogP contribution in [0.4, 0.5) is 8.78 Å². The van der Waals surface area contributed by atoms with E-state index >= 15 is 0 Å². The Kier molecular flexibility index (Phi) is 9.70. The first-order valence-electron chi connectivity index (χ1n) is 15.1. The third-order valence-corrected chi connectivity index (χ3v) is 8.69. The summed E-state index contributed by atoms with van der Waals surface area (Å²) < 4.78 is 41.0. The molecule has 0 spiro atoms. The van der Waals surface area contributed by atoms with Gasteiger partial charge in [-0.3, -0.25) is 0 Å². The van der Waals surface area contributed by atoms with E-state index in [0.29, 0.717) is 30.9 Å². The van der Waals surface area contributed by atoms with Crippen LogP contribution in [0.15, 0.2) is 101 Å². The molecule has 4 heteroatoms. The Bertz CT molecular complexity index is 1260. The van der Waals surface area contributed by atoms with Gasteiger partial charge in [0.1, 0.15) is 5.76 Å². The van der Waals surface area contributed by atoms with Crippen LogP contribution in [0.3, 0.4) is 0 Å². The van der Waals surface area contributed by atoms with Crippen LogP contribution in [0.5, 0.6) is 0 Å². The van der Waals surface area contributed by atoms with Crippen molar-refractivity contribution >= 4 is 5.57 Å². The van der Waals surface area contributed by atoms with Gasteiger partial charge in [0.25, 0.3) is 0 Å². The monoisotopic (exact) mass is 544 g/mol. The summed E-state index contributed by atoms with van der Waals surface area (Å²) in [5.41, 5.74) is 7.97. The fourth-order valence-corrected chi connectivity index (χ4v) is 6.24. The molecule has 3 aliphatic carbocycles. The van der Waals surface area contributed by atoms with Crippen molar-refractivity contribution in [2.75, 3.05) is 13.2 Å². The maximum absolute atomic E-state index is 14.8. The van der Waals surface area contributed by atoms with Crippen molar-refractivity contribution in [3.05, 3.63) is 112 Å². The Morgan fingerprint density at radius 2 is 1.52 bits per heavy atom. The fourth-order valence-electron chi connectivity index (χ4n) is 6.24. The first kappa shape index (κ1) is 28.5. The molecule has 1 saturated heterocycles. The minimum Gasteiger partial charge on any atom is -0.495 e. The zero-order valence-electron chi connectivity index (χ0n) is 23.8. The van der Waals surface area contributed by atoms with Crippen LogP contribution >= 0.6 is 0 Å². The van der Waals surface area contributed by atoms with Crippen LogP contribution in [0.1, 0.15) is 94.8 Å². The van der Waals surface area contributed by atoms with Crippen molar-refractivity contribution in [2.24, 2.45) is 5.92 Å². The standard InChI is InChI=1S/C36H42F2O2/c1-3-5-6-25-7-21-33(40-24-25)31-18-14-29(15-19-31)27-10-8-26(9-11-27)28-12-16-30(17-13-28)32-20-22-34(39-23-4-2)36(38)35(32)37/h3,8,10,12,14-16,18-19,25,33H,1,4-7,9,11,13,17,20-24H2,2H3. The zero-order chi connectivity index (χ0) is 27.9. The summed E-state index contributed by atoms with van der Waals surface area (Å²) in [6, 6.07) is 8.94. The van der Waals surface area contributed by atoms with Crippen molar-refractivity contribution in [1.29, 1.82) is 0 Å². The summed E-state index contributed by atoms with van der Waals surface area (Å²) in [6.07, 6.45) is 20.6. The van der Waals surface area contributed by atoms with Crippen molar-refractivity contribution in [1.82, 2.24) is 0 Å². The molecule has 1 aromatic carbocycles. The number of rotatable bonds is 10.